The van der Waals surface area contributed by atoms with Gasteiger partial charge < -0.3 is 14.6 Å². The summed E-state index contributed by atoms with van der Waals surface area (Å²) in [4.78, 5) is 16.3. The number of aryl methyl sites for hydroxylation is 1. The molecule has 0 unspecified atom stereocenters. The summed E-state index contributed by atoms with van der Waals surface area (Å²) >= 11 is 0. The molecular formula is C22H25N7O3. The summed E-state index contributed by atoms with van der Waals surface area (Å²) in [6.07, 6.45) is 1.54. The Hall–Kier alpha value is -3.82. The van der Waals surface area contributed by atoms with Gasteiger partial charge in [-0.3, -0.25) is 9.78 Å². The number of amides is 1. The zero-order valence-electron chi connectivity index (χ0n) is 18.7. The quantitative estimate of drug-likeness (QED) is 0.490. The third-order valence-corrected chi connectivity index (χ3v) is 4.81. The molecule has 10 nitrogen and oxygen atoms in total. The maximum Gasteiger partial charge on any atom is 0.252 e. The van der Waals surface area contributed by atoms with E-state index >= 15 is 0 Å². The van der Waals surface area contributed by atoms with Crippen molar-refractivity contribution in [3.63, 3.8) is 0 Å². The van der Waals surface area contributed by atoms with E-state index in [0.717, 1.165) is 5.56 Å². The molecule has 0 aliphatic carbocycles. The number of nitrogens with one attached hydrogen (secondary N) is 1. The second-order valence-corrected chi connectivity index (χ2v) is 8.42. The van der Waals surface area contributed by atoms with Crippen molar-refractivity contribution in [3.05, 3.63) is 53.0 Å². The van der Waals surface area contributed by atoms with Crippen molar-refractivity contribution >= 4 is 11.6 Å². The highest BCUT2D eigenvalue weighted by atomic mass is 16.5. The summed E-state index contributed by atoms with van der Waals surface area (Å²) in [5.74, 6) is 1.42. The maximum absolute atomic E-state index is 11.9. The van der Waals surface area contributed by atoms with Gasteiger partial charge in [-0.25, -0.2) is 0 Å². The maximum atomic E-state index is 11.9. The number of nitrogens with zero attached hydrogens (tertiary/aromatic N) is 6. The molecule has 0 aliphatic heterocycles. The minimum Gasteiger partial charge on any atom is -0.470 e. The van der Waals surface area contributed by atoms with Gasteiger partial charge in [0, 0.05) is 24.4 Å². The number of aromatic nitrogens is 6. The van der Waals surface area contributed by atoms with Crippen molar-refractivity contribution in [1.82, 2.24) is 35.3 Å². The van der Waals surface area contributed by atoms with Gasteiger partial charge in [-0.2, -0.15) is 4.52 Å². The van der Waals surface area contributed by atoms with E-state index < -0.39 is 0 Å². The zero-order chi connectivity index (χ0) is 22.9. The van der Waals surface area contributed by atoms with E-state index in [9.17, 15) is 4.79 Å². The number of hydrogen-bond acceptors (Lipinski definition) is 8. The Labute approximate surface area is 185 Å². The molecule has 0 aliphatic rings. The third-order valence-electron chi connectivity index (χ3n) is 4.81. The van der Waals surface area contributed by atoms with Gasteiger partial charge in [-0.1, -0.05) is 25.9 Å². The van der Waals surface area contributed by atoms with E-state index in [2.05, 4.69) is 51.5 Å². The molecule has 0 fully saturated rings. The summed E-state index contributed by atoms with van der Waals surface area (Å²) in [7, 11) is 0. The predicted octanol–water partition coefficient (Wildman–Crippen LogP) is 3.11. The molecule has 4 aromatic rings. The Morgan fingerprint density at radius 1 is 1.22 bits per heavy atom. The molecule has 1 N–H and O–H groups in total. The summed E-state index contributed by atoms with van der Waals surface area (Å²) in [6.45, 7) is 10.7. The lowest BCUT2D eigenvalue weighted by atomic mass is 9.88. The van der Waals surface area contributed by atoms with Gasteiger partial charge in [-0.15, -0.1) is 15.3 Å². The summed E-state index contributed by atoms with van der Waals surface area (Å²) in [5, 5.41) is 19.9. The number of pyridine rings is 1. The fourth-order valence-electron chi connectivity index (χ4n) is 3.14. The van der Waals surface area contributed by atoms with Gasteiger partial charge in [0.2, 0.25) is 11.7 Å². The van der Waals surface area contributed by atoms with Crippen LogP contribution in [0.4, 0.5) is 0 Å². The van der Waals surface area contributed by atoms with Gasteiger partial charge in [0.15, 0.2) is 11.3 Å². The minimum absolute atomic E-state index is 0.155. The third kappa shape index (κ3) is 4.29. The Morgan fingerprint density at radius 2 is 2.03 bits per heavy atom. The van der Waals surface area contributed by atoms with Crippen LogP contribution in [0.5, 0.6) is 5.88 Å². The molecule has 0 bridgehead atoms. The van der Waals surface area contributed by atoms with E-state index in [1.165, 1.54) is 6.20 Å². The highest BCUT2D eigenvalue weighted by molar-refractivity contribution is 5.93. The van der Waals surface area contributed by atoms with Crippen LogP contribution < -0.4 is 10.1 Å². The van der Waals surface area contributed by atoms with E-state index in [1.54, 1.807) is 22.7 Å². The molecule has 1 amide bonds. The van der Waals surface area contributed by atoms with Crippen LogP contribution in [0.25, 0.3) is 17.2 Å². The molecule has 0 aromatic carbocycles. The molecule has 4 heterocycles. The van der Waals surface area contributed by atoms with Crippen LogP contribution in [0, 0.1) is 6.92 Å². The van der Waals surface area contributed by atoms with Gasteiger partial charge in [-0.05, 0) is 37.5 Å². The van der Waals surface area contributed by atoms with Crippen LogP contribution in [0.15, 0.2) is 35.0 Å². The molecule has 4 aromatic heterocycles. The first kappa shape index (κ1) is 21.4. The van der Waals surface area contributed by atoms with Crippen molar-refractivity contribution in [2.24, 2.45) is 0 Å². The van der Waals surface area contributed by atoms with Crippen LogP contribution in [-0.4, -0.2) is 42.4 Å². The van der Waals surface area contributed by atoms with Crippen molar-refractivity contribution in [2.45, 2.75) is 46.6 Å². The normalized spacial score (nSPS) is 11.7. The first-order valence-corrected chi connectivity index (χ1v) is 10.3. The molecule has 4 rings (SSSR count). The average molecular weight is 435 g/mol. The number of carbonyl (C=O) groups is 1. The number of carbonyl (C=O) groups excluding carboxylic acids is 1. The minimum atomic E-state index is -0.240. The molecule has 0 saturated heterocycles. The fourth-order valence-corrected chi connectivity index (χ4v) is 3.14. The van der Waals surface area contributed by atoms with Crippen LogP contribution >= 0.6 is 0 Å². The van der Waals surface area contributed by atoms with E-state index in [-0.39, 0.29) is 17.9 Å². The van der Waals surface area contributed by atoms with Gasteiger partial charge in [0.25, 0.3) is 5.91 Å². The van der Waals surface area contributed by atoms with Gasteiger partial charge in [0.05, 0.1) is 11.3 Å². The van der Waals surface area contributed by atoms with E-state index in [0.29, 0.717) is 46.6 Å². The summed E-state index contributed by atoms with van der Waals surface area (Å²) < 4.78 is 12.8. The molecule has 0 spiro atoms. The lowest BCUT2D eigenvalue weighted by Gasteiger charge is -2.21. The van der Waals surface area contributed by atoms with Gasteiger partial charge in [0.1, 0.15) is 12.4 Å². The number of hydrogen-bond donors (Lipinski definition) is 1. The molecule has 32 heavy (non-hydrogen) atoms. The van der Waals surface area contributed by atoms with Crippen molar-refractivity contribution in [2.75, 3.05) is 6.54 Å². The van der Waals surface area contributed by atoms with Crippen LogP contribution in [0.3, 0.4) is 0 Å². The average Bonchev–Trinajstić information content (AvgIpc) is 3.37. The number of ether oxygens (including phenoxy) is 1. The Kier molecular flexibility index (Phi) is 5.60. The molecule has 0 saturated carbocycles. The largest absolute Gasteiger partial charge is 0.470 e. The Morgan fingerprint density at radius 3 is 2.66 bits per heavy atom. The molecular weight excluding hydrogens is 410 g/mol. The second kappa shape index (κ2) is 8.37. The summed E-state index contributed by atoms with van der Waals surface area (Å²) in [5.41, 5.74) is 2.95. The van der Waals surface area contributed by atoms with Crippen LogP contribution in [-0.2, 0) is 12.0 Å². The topological polar surface area (TPSA) is 120 Å². The predicted molar refractivity (Wildman–Crippen MR) is 116 cm³/mol. The highest BCUT2D eigenvalue weighted by Crippen LogP contribution is 2.32. The molecule has 0 radical (unpaired) electrons. The standard InChI is InChI=1S/C22H25N7O3/c1-6-23-20(30)14-7-8-15(24-11-14)12-31-21-16(22(3,4)5)10-18-25-26-19(29(18)27-21)17-9-13(2)32-28-17/h7-11H,6,12H2,1-5H3,(H,23,30). The lowest BCUT2D eigenvalue weighted by molar-refractivity contribution is 0.0955. The van der Waals surface area contributed by atoms with Crippen LogP contribution in [0.1, 0.15) is 55.1 Å². The first-order chi connectivity index (χ1) is 15.3. The fraction of sp³-hybridized carbons (Fsp3) is 0.364. The summed E-state index contributed by atoms with van der Waals surface area (Å²) in [6, 6.07) is 7.18. The molecule has 0 atom stereocenters. The number of rotatable bonds is 6. The van der Waals surface area contributed by atoms with Gasteiger partial charge >= 0.3 is 0 Å². The molecule has 166 valence electrons. The lowest BCUT2D eigenvalue weighted by Crippen LogP contribution is -2.22. The SMILES string of the molecule is CCNC(=O)c1ccc(COc2nn3c(-c4cc(C)on4)nnc3cc2C(C)(C)C)nc1. The number of fused-ring (bicyclic) bond motifs is 1. The Balaban J connectivity index is 1.65. The first-order valence-electron chi connectivity index (χ1n) is 10.3. The second-order valence-electron chi connectivity index (χ2n) is 8.42. The van der Waals surface area contributed by atoms with Crippen molar-refractivity contribution < 1.29 is 14.1 Å². The van der Waals surface area contributed by atoms with E-state index in [1.807, 2.05) is 19.9 Å². The Bertz CT molecular complexity index is 1250. The van der Waals surface area contributed by atoms with Crippen molar-refractivity contribution in [1.29, 1.82) is 0 Å². The monoisotopic (exact) mass is 435 g/mol. The van der Waals surface area contributed by atoms with Crippen LogP contribution in [0.2, 0.25) is 0 Å². The molecule has 10 heteroatoms. The zero-order valence-corrected chi connectivity index (χ0v) is 18.7. The highest BCUT2D eigenvalue weighted by Gasteiger charge is 2.24. The van der Waals surface area contributed by atoms with E-state index in [4.69, 9.17) is 9.26 Å². The smallest absolute Gasteiger partial charge is 0.252 e. The van der Waals surface area contributed by atoms with Crippen molar-refractivity contribution in [3.8, 4) is 17.4 Å².